The number of rotatable bonds is 7. The van der Waals surface area contributed by atoms with E-state index in [1.165, 1.54) is 24.3 Å². The highest BCUT2D eigenvalue weighted by Gasteiger charge is 2.59. The molecule has 4 aromatic rings. The molecule has 5 aliphatic rings. The molecule has 9 rings (SSSR count). The van der Waals surface area contributed by atoms with E-state index in [-0.39, 0.29) is 31.1 Å². The normalized spacial score (nSPS) is 23.6. The number of hydrogen-bond acceptors (Lipinski definition) is 5. The van der Waals surface area contributed by atoms with E-state index in [4.69, 9.17) is 9.47 Å². The second kappa shape index (κ2) is 11.0. The Morgan fingerprint density at radius 1 is 0.875 bits per heavy atom. The molecule has 4 aromatic carbocycles. The summed E-state index contributed by atoms with van der Waals surface area (Å²) in [5.74, 6) is -1.97. The molecule has 0 aromatic heterocycles. The summed E-state index contributed by atoms with van der Waals surface area (Å²) in [5, 5.41) is 3.93. The van der Waals surface area contributed by atoms with Crippen LogP contribution >= 0.6 is 0 Å². The molecule has 3 atom stereocenters. The summed E-state index contributed by atoms with van der Waals surface area (Å²) in [6, 6.07) is 26.5. The maximum atomic E-state index is 15.2. The molecule has 240 valence electrons. The van der Waals surface area contributed by atoms with Crippen LogP contribution in [-0.2, 0) is 39.3 Å². The molecule has 3 heterocycles. The molecule has 3 unspecified atom stereocenters. The second-order valence-corrected chi connectivity index (χ2v) is 12.7. The quantitative estimate of drug-likeness (QED) is 0.213. The lowest BCUT2D eigenvalue weighted by molar-refractivity contribution is -0.154. The van der Waals surface area contributed by atoms with E-state index in [1.807, 2.05) is 71.9 Å². The second-order valence-electron chi connectivity index (χ2n) is 12.7. The van der Waals surface area contributed by atoms with Crippen molar-refractivity contribution in [3.05, 3.63) is 171 Å². The zero-order chi connectivity index (χ0) is 32.6. The first-order chi connectivity index (χ1) is 23.4. The summed E-state index contributed by atoms with van der Waals surface area (Å²) in [4.78, 5) is 16.4. The SMILES string of the molecule is O=C1C2=C(OCc3ccccc3)C3OC3C=CN2N(C23C(=Cc4ccccc42)Cc2cc(F)c(F)cc23)CN1CCc1ccc(F)cc1. The van der Waals surface area contributed by atoms with Crippen molar-refractivity contribution < 1.29 is 27.4 Å². The molecule has 3 aliphatic heterocycles. The highest BCUT2D eigenvalue weighted by atomic mass is 19.2. The number of carbonyl (C=O) groups excluding carboxylic acids is 1. The van der Waals surface area contributed by atoms with Gasteiger partial charge in [-0.3, -0.25) is 9.80 Å². The first-order valence-electron chi connectivity index (χ1n) is 16.1. The summed E-state index contributed by atoms with van der Waals surface area (Å²) >= 11 is 0. The predicted molar refractivity (Wildman–Crippen MR) is 172 cm³/mol. The van der Waals surface area contributed by atoms with Crippen molar-refractivity contribution in [2.24, 2.45) is 0 Å². The van der Waals surface area contributed by atoms with E-state index < -0.39 is 23.3 Å². The van der Waals surface area contributed by atoms with Crippen LogP contribution in [0, 0.1) is 17.5 Å². The fourth-order valence-electron chi connectivity index (χ4n) is 7.69. The lowest BCUT2D eigenvalue weighted by Gasteiger charge is -2.52. The number of hydrogen-bond donors (Lipinski definition) is 0. The Balaban J connectivity index is 1.22. The van der Waals surface area contributed by atoms with Gasteiger partial charge in [-0.05, 0) is 82.1 Å². The monoisotopic (exact) mass is 645 g/mol. The average molecular weight is 646 g/mol. The topological polar surface area (TPSA) is 48.6 Å². The van der Waals surface area contributed by atoms with Crippen LogP contribution in [0.4, 0.5) is 13.2 Å². The zero-order valence-electron chi connectivity index (χ0n) is 25.8. The first-order valence-corrected chi connectivity index (χ1v) is 16.1. The van der Waals surface area contributed by atoms with Crippen LogP contribution in [0.25, 0.3) is 6.08 Å². The summed E-state index contributed by atoms with van der Waals surface area (Å²) in [5.41, 5.74) is 5.29. The van der Waals surface area contributed by atoms with E-state index in [0.717, 1.165) is 27.8 Å². The lowest BCUT2D eigenvalue weighted by Crippen LogP contribution is -2.63. The van der Waals surface area contributed by atoms with Crippen LogP contribution < -0.4 is 0 Å². The van der Waals surface area contributed by atoms with Crippen molar-refractivity contribution in [1.82, 2.24) is 14.9 Å². The largest absolute Gasteiger partial charge is 0.488 e. The number of fused-ring (bicyclic) bond motifs is 7. The summed E-state index contributed by atoms with van der Waals surface area (Å²) in [6.45, 7) is 0.694. The van der Waals surface area contributed by atoms with E-state index in [1.54, 1.807) is 17.0 Å². The lowest BCUT2D eigenvalue weighted by atomic mass is 9.83. The fourth-order valence-corrected chi connectivity index (χ4v) is 7.69. The van der Waals surface area contributed by atoms with Gasteiger partial charge in [-0.25, -0.2) is 13.2 Å². The molecular formula is C39H30F3N3O3. The van der Waals surface area contributed by atoms with Gasteiger partial charge in [0.25, 0.3) is 5.91 Å². The molecular weight excluding hydrogens is 615 g/mol. The van der Waals surface area contributed by atoms with Gasteiger partial charge in [-0.15, -0.1) is 0 Å². The average Bonchev–Trinajstić information content (AvgIpc) is 3.74. The molecule has 6 nitrogen and oxygen atoms in total. The summed E-state index contributed by atoms with van der Waals surface area (Å²) in [7, 11) is 0. The Labute approximate surface area is 275 Å². The van der Waals surface area contributed by atoms with Gasteiger partial charge in [-0.2, -0.15) is 5.01 Å². The van der Waals surface area contributed by atoms with Crippen molar-refractivity contribution in [3.8, 4) is 0 Å². The Morgan fingerprint density at radius 3 is 2.48 bits per heavy atom. The number of nitrogens with zero attached hydrogens (tertiary/aromatic N) is 3. The minimum Gasteiger partial charge on any atom is -0.488 e. The minimum absolute atomic E-state index is 0.139. The molecule has 2 saturated heterocycles. The van der Waals surface area contributed by atoms with Gasteiger partial charge in [-0.1, -0.05) is 72.8 Å². The third kappa shape index (κ3) is 4.45. The Kier molecular flexibility index (Phi) is 6.64. The van der Waals surface area contributed by atoms with Crippen molar-refractivity contribution in [1.29, 1.82) is 0 Å². The smallest absolute Gasteiger partial charge is 0.276 e. The molecule has 0 N–H and O–H groups in total. The van der Waals surface area contributed by atoms with Gasteiger partial charge >= 0.3 is 0 Å². The predicted octanol–water partition coefficient (Wildman–Crippen LogP) is 6.59. The van der Waals surface area contributed by atoms with E-state index in [9.17, 15) is 13.6 Å². The van der Waals surface area contributed by atoms with Gasteiger partial charge in [0, 0.05) is 12.7 Å². The Hall–Kier alpha value is -5.12. The number of carbonyl (C=O) groups is 1. The molecule has 0 bridgehead atoms. The molecule has 0 radical (unpaired) electrons. The van der Waals surface area contributed by atoms with Gasteiger partial charge in [0.15, 0.2) is 23.1 Å². The third-order valence-electron chi connectivity index (χ3n) is 9.99. The van der Waals surface area contributed by atoms with Crippen LogP contribution in [0.3, 0.4) is 0 Å². The number of hydrazine groups is 1. The van der Waals surface area contributed by atoms with Gasteiger partial charge in [0.05, 0.1) is 6.67 Å². The molecule has 0 saturated carbocycles. The maximum absolute atomic E-state index is 15.2. The summed E-state index contributed by atoms with van der Waals surface area (Å²) in [6.07, 6.45) is 6.04. The van der Waals surface area contributed by atoms with E-state index in [0.29, 0.717) is 42.0 Å². The van der Waals surface area contributed by atoms with E-state index in [2.05, 4.69) is 11.1 Å². The highest BCUT2D eigenvalue weighted by molar-refractivity contribution is 5.95. The molecule has 2 fully saturated rings. The Bertz CT molecular complexity index is 2060. The molecule has 2 aliphatic carbocycles. The highest BCUT2D eigenvalue weighted by Crippen LogP contribution is 2.57. The molecule has 9 heteroatoms. The summed E-state index contributed by atoms with van der Waals surface area (Å²) < 4.78 is 56.1. The van der Waals surface area contributed by atoms with Crippen molar-refractivity contribution in [3.63, 3.8) is 0 Å². The number of benzene rings is 4. The van der Waals surface area contributed by atoms with Gasteiger partial charge in [0.2, 0.25) is 0 Å². The number of amides is 1. The number of halogens is 3. The van der Waals surface area contributed by atoms with Gasteiger partial charge < -0.3 is 14.4 Å². The third-order valence-corrected chi connectivity index (χ3v) is 9.99. The molecule has 48 heavy (non-hydrogen) atoms. The fraction of sp³-hybridized carbons (Fsp3) is 0.205. The van der Waals surface area contributed by atoms with Crippen LogP contribution in [0.2, 0.25) is 0 Å². The minimum atomic E-state index is -1.04. The van der Waals surface area contributed by atoms with Crippen LogP contribution in [0.15, 0.2) is 120 Å². The molecule has 1 amide bonds. The van der Waals surface area contributed by atoms with Gasteiger partial charge in [0.1, 0.15) is 30.2 Å². The van der Waals surface area contributed by atoms with Crippen LogP contribution in [0.5, 0.6) is 0 Å². The number of epoxide rings is 1. The zero-order valence-corrected chi connectivity index (χ0v) is 25.8. The Morgan fingerprint density at radius 2 is 1.65 bits per heavy atom. The maximum Gasteiger partial charge on any atom is 0.276 e. The molecule has 0 spiro atoms. The van der Waals surface area contributed by atoms with Crippen molar-refractivity contribution in [2.75, 3.05) is 13.2 Å². The van der Waals surface area contributed by atoms with Crippen molar-refractivity contribution in [2.45, 2.75) is 37.2 Å². The van der Waals surface area contributed by atoms with Crippen LogP contribution in [0.1, 0.15) is 33.4 Å². The van der Waals surface area contributed by atoms with Crippen LogP contribution in [-0.4, -0.2) is 46.2 Å². The number of ether oxygens (including phenoxy) is 2. The standard InChI is InChI=1S/C39H30F3N3O3/c40-29-12-10-24(11-13-29)14-16-43-23-45(39-28(18-26-8-4-5-9-30(26)39)19-27-20-32(41)33(42)21-31(27)39)44-17-15-34-36(48-34)37(35(44)38(43)46)47-22-25-6-2-1-3-7-25/h1-13,15,17-18,20-21,34,36H,14,16,19,22-23H2. The van der Waals surface area contributed by atoms with Crippen molar-refractivity contribution >= 4 is 12.0 Å². The first kappa shape index (κ1) is 29.1. The van der Waals surface area contributed by atoms with E-state index >= 15 is 4.39 Å².